The normalized spacial score (nSPS) is 10.8. The molecule has 18 heavy (non-hydrogen) atoms. The van der Waals surface area contributed by atoms with Crippen LogP contribution in [-0.4, -0.2) is 21.8 Å². The molecular weight excluding hydrogens is 260 g/mol. The molecule has 0 aliphatic carbocycles. The van der Waals surface area contributed by atoms with E-state index >= 15 is 0 Å². The number of anilines is 1. The van der Waals surface area contributed by atoms with Crippen LogP contribution in [0.4, 0.5) is 5.69 Å². The Labute approximate surface area is 107 Å². The summed E-state index contributed by atoms with van der Waals surface area (Å²) >= 11 is 5.63. The van der Waals surface area contributed by atoms with E-state index in [2.05, 4.69) is 10.1 Å². The smallest absolute Gasteiger partial charge is 0.278 e. The van der Waals surface area contributed by atoms with Crippen LogP contribution in [0.1, 0.15) is 11.5 Å². The summed E-state index contributed by atoms with van der Waals surface area (Å²) in [5.74, 6) is 0.579. The Morgan fingerprint density at radius 2 is 2.39 bits per heavy atom. The van der Waals surface area contributed by atoms with Gasteiger partial charge in [0.15, 0.2) is 10.9 Å². The number of aromatic nitrogens is 3. The molecule has 0 amide bonds. The summed E-state index contributed by atoms with van der Waals surface area (Å²) in [6, 6.07) is 1.70. The van der Waals surface area contributed by atoms with Crippen molar-refractivity contribution in [3.05, 3.63) is 39.4 Å². The number of halogens is 1. The van der Waals surface area contributed by atoms with E-state index in [0.717, 1.165) is 0 Å². The van der Waals surface area contributed by atoms with Crippen LogP contribution in [0.2, 0.25) is 5.15 Å². The highest BCUT2D eigenvalue weighted by Crippen LogP contribution is 2.10. The Hall–Kier alpha value is -1.86. The average Bonchev–Trinajstić information content (AvgIpc) is 2.78. The fourth-order valence-corrected chi connectivity index (χ4v) is 1.54. The first kappa shape index (κ1) is 12.6. The van der Waals surface area contributed by atoms with Crippen molar-refractivity contribution in [2.24, 2.45) is 0 Å². The Morgan fingerprint density at radius 1 is 1.61 bits per heavy atom. The first-order valence-electron chi connectivity index (χ1n) is 5.05. The van der Waals surface area contributed by atoms with Crippen molar-refractivity contribution in [3.63, 3.8) is 0 Å². The summed E-state index contributed by atoms with van der Waals surface area (Å²) < 4.78 is 11.2. The van der Waals surface area contributed by atoms with E-state index in [1.54, 1.807) is 13.2 Å². The predicted octanol–water partition coefficient (Wildman–Crippen LogP) is 0.662. The monoisotopic (exact) mass is 270 g/mol. The van der Waals surface area contributed by atoms with Gasteiger partial charge in [-0.1, -0.05) is 16.8 Å². The van der Waals surface area contributed by atoms with Crippen LogP contribution in [0.15, 0.2) is 21.7 Å². The molecule has 0 radical (unpaired) electrons. The van der Waals surface area contributed by atoms with Crippen molar-refractivity contribution < 1.29 is 9.26 Å². The topological polar surface area (TPSA) is 96.2 Å². The lowest BCUT2D eigenvalue weighted by Gasteiger charge is -2.03. The fourth-order valence-electron chi connectivity index (χ4n) is 1.41. The first-order chi connectivity index (χ1) is 8.61. The summed E-state index contributed by atoms with van der Waals surface area (Å²) in [7, 11) is 1.55. The molecule has 0 spiro atoms. The Kier molecular flexibility index (Phi) is 3.63. The SMILES string of the molecule is COCc1cc(Cn2cnc(Cl)c(N)c2=O)no1. The van der Waals surface area contributed by atoms with Gasteiger partial charge in [-0.05, 0) is 0 Å². The Balaban J connectivity index is 2.23. The lowest BCUT2D eigenvalue weighted by Crippen LogP contribution is -2.24. The van der Waals surface area contributed by atoms with Crippen molar-refractivity contribution in [1.82, 2.24) is 14.7 Å². The maximum Gasteiger partial charge on any atom is 0.278 e. The maximum absolute atomic E-state index is 11.8. The van der Waals surface area contributed by atoms with Crippen LogP contribution >= 0.6 is 11.6 Å². The van der Waals surface area contributed by atoms with Crippen molar-refractivity contribution in [2.75, 3.05) is 12.8 Å². The second-order valence-corrected chi connectivity index (χ2v) is 3.96. The lowest BCUT2D eigenvalue weighted by molar-refractivity contribution is 0.155. The number of hydrogen-bond acceptors (Lipinski definition) is 6. The molecule has 0 aromatic carbocycles. The van der Waals surface area contributed by atoms with Gasteiger partial charge in [-0.3, -0.25) is 9.36 Å². The molecule has 0 saturated heterocycles. The van der Waals surface area contributed by atoms with Gasteiger partial charge in [0.2, 0.25) is 0 Å². The molecule has 2 aromatic rings. The summed E-state index contributed by atoms with van der Waals surface area (Å²) in [5.41, 5.74) is 5.58. The van der Waals surface area contributed by atoms with Crippen molar-refractivity contribution in [1.29, 1.82) is 0 Å². The van der Waals surface area contributed by atoms with E-state index in [1.807, 2.05) is 0 Å². The molecule has 0 aliphatic rings. The highest BCUT2D eigenvalue weighted by molar-refractivity contribution is 6.31. The number of ether oxygens (including phenoxy) is 1. The summed E-state index contributed by atoms with van der Waals surface area (Å²) in [6.45, 7) is 0.531. The quantitative estimate of drug-likeness (QED) is 0.820. The molecule has 2 rings (SSSR count). The minimum Gasteiger partial charge on any atom is -0.392 e. The minimum atomic E-state index is -0.411. The molecule has 0 bridgehead atoms. The van der Waals surface area contributed by atoms with Gasteiger partial charge in [0.25, 0.3) is 5.56 Å². The van der Waals surface area contributed by atoms with Gasteiger partial charge >= 0.3 is 0 Å². The van der Waals surface area contributed by atoms with Crippen LogP contribution in [0, 0.1) is 0 Å². The van der Waals surface area contributed by atoms with Gasteiger partial charge in [-0.15, -0.1) is 0 Å². The van der Waals surface area contributed by atoms with Gasteiger partial charge < -0.3 is 15.0 Å². The van der Waals surface area contributed by atoms with Crippen molar-refractivity contribution >= 4 is 17.3 Å². The molecule has 0 unspecified atom stereocenters. The van der Waals surface area contributed by atoms with E-state index in [0.29, 0.717) is 18.1 Å². The molecule has 0 aliphatic heterocycles. The third kappa shape index (κ3) is 2.52. The molecule has 0 fully saturated rings. The van der Waals surface area contributed by atoms with Crippen LogP contribution in [0.5, 0.6) is 0 Å². The Morgan fingerprint density at radius 3 is 3.11 bits per heavy atom. The zero-order valence-electron chi connectivity index (χ0n) is 9.59. The molecule has 2 aromatic heterocycles. The Bertz CT molecular complexity index is 607. The van der Waals surface area contributed by atoms with E-state index in [1.165, 1.54) is 10.9 Å². The molecule has 2 heterocycles. The number of nitrogen functional groups attached to an aromatic ring is 1. The van der Waals surface area contributed by atoms with Gasteiger partial charge in [0.05, 0.1) is 12.9 Å². The molecule has 8 heteroatoms. The number of hydrogen-bond donors (Lipinski definition) is 1. The maximum atomic E-state index is 11.8. The number of nitrogens with zero attached hydrogens (tertiary/aromatic N) is 3. The van der Waals surface area contributed by atoms with Crippen LogP contribution in [0.3, 0.4) is 0 Å². The summed E-state index contributed by atoms with van der Waals surface area (Å²) in [4.78, 5) is 15.6. The molecule has 0 atom stereocenters. The first-order valence-corrected chi connectivity index (χ1v) is 5.43. The zero-order chi connectivity index (χ0) is 13.1. The molecule has 96 valence electrons. The lowest BCUT2D eigenvalue weighted by atomic mass is 10.3. The number of rotatable bonds is 4. The van der Waals surface area contributed by atoms with Gasteiger partial charge in [-0.2, -0.15) is 0 Å². The standard InChI is InChI=1S/C10H11ClN4O3/c1-17-4-7-2-6(14-18-7)3-15-5-13-9(11)8(12)10(15)16/h2,5H,3-4,12H2,1H3. The second-order valence-electron chi connectivity index (χ2n) is 3.60. The van der Waals surface area contributed by atoms with Gasteiger partial charge in [0, 0.05) is 13.2 Å². The largest absolute Gasteiger partial charge is 0.392 e. The highest BCUT2D eigenvalue weighted by Gasteiger charge is 2.09. The predicted molar refractivity (Wildman–Crippen MR) is 64.2 cm³/mol. The van der Waals surface area contributed by atoms with E-state index in [4.69, 9.17) is 26.6 Å². The van der Waals surface area contributed by atoms with E-state index < -0.39 is 5.56 Å². The number of nitrogens with two attached hydrogens (primary N) is 1. The fraction of sp³-hybridized carbons (Fsp3) is 0.300. The zero-order valence-corrected chi connectivity index (χ0v) is 10.3. The molecule has 7 nitrogen and oxygen atoms in total. The third-order valence-electron chi connectivity index (χ3n) is 2.25. The van der Waals surface area contributed by atoms with Crippen molar-refractivity contribution in [3.8, 4) is 0 Å². The second kappa shape index (κ2) is 5.19. The summed E-state index contributed by atoms with van der Waals surface area (Å²) in [6.07, 6.45) is 1.31. The molecular formula is C10H11ClN4O3. The summed E-state index contributed by atoms with van der Waals surface area (Å²) in [5, 5.41) is 3.80. The number of methoxy groups -OCH3 is 1. The van der Waals surface area contributed by atoms with Crippen molar-refractivity contribution in [2.45, 2.75) is 13.2 Å². The van der Waals surface area contributed by atoms with E-state index in [-0.39, 0.29) is 17.4 Å². The van der Waals surface area contributed by atoms with Gasteiger partial charge in [0.1, 0.15) is 18.0 Å². The third-order valence-corrected chi connectivity index (χ3v) is 2.55. The van der Waals surface area contributed by atoms with Crippen LogP contribution in [0.25, 0.3) is 0 Å². The highest BCUT2D eigenvalue weighted by atomic mass is 35.5. The molecule has 2 N–H and O–H groups in total. The molecule has 0 saturated carbocycles. The average molecular weight is 271 g/mol. The van der Waals surface area contributed by atoms with Crippen LogP contribution in [-0.2, 0) is 17.9 Å². The van der Waals surface area contributed by atoms with Crippen LogP contribution < -0.4 is 11.3 Å². The van der Waals surface area contributed by atoms with E-state index in [9.17, 15) is 4.79 Å². The minimum absolute atomic E-state index is 0.00326. The van der Waals surface area contributed by atoms with Gasteiger partial charge in [-0.25, -0.2) is 4.98 Å².